The van der Waals surface area contributed by atoms with E-state index in [0.717, 1.165) is 45.6 Å². The van der Waals surface area contributed by atoms with Crippen molar-refractivity contribution in [1.29, 1.82) is 0 Å². The van der Waals surface area contributed by atoms with E-state index in [1.165, 1.54) is 0 Å². The highest BCUT2D eigenvalue weighted by atomic mass is 19.3. The number of hydrogen-bond donors (Lipinski definition) is 0. The van der Waals surface area contributed by atoms with E-state index in [2.05, 4.69) is 18.7 Å². The van der Waals surface area contributed by atoms with Crippen molar-refractivity contribution >= 4 is 0 Å². The van der Waals surface area contributed by atoms with Crippen molar-refractivity contribution in [2.24, 2.45) is 5.92 Å². The molecule has 2 saturated heterocycles. The van der Waals surface area contributed by atoms with Gasteiger partial charge in [-0.2, -0.15) is 0 Å². The Labute approximate surface area is 134 Å². The second-order valence-electron chi connectivity index (χ2n) is 7.45. The van der Waals surface area contributed by atoms with Gasteiger partial charge in [-0.25, -0.2) is 8.78 Å². The van der Waals surface area contributed by atoms with Gasteiger partial charge in [0.2, 0.25) is 0 Å². The van der Waals surface area contributed by atoms with Gasteiger partial charge in [-0.3, -0.25) is 9.80 Å². The summed E-state index contributed by atoms with van der Waals surface area (Å²) in [5.74, 6) is -2.01. The van der Waals surface area contributed by atoms with Crippen molar-refractivity contribution in [2.75, 3.05) is 46.3 Å². The SMILES string of the molecule is CCN1CCC(N(C)CC2CCN(C(C)C)CC2)C(F)(F)C1. The maximum absolute atomic E-state index is 14.4. The number of nitrogens with zero attached hydrogens (tertiary/aromatic N) is 3. The Morgan fingerprint density at radius 1 is 1.14 bits per heavy atom. The zero-order chi connectivity index (χ0) is 16.3. The van der Waals surface area contributed by atoms with E-state index < -0.39 is 12.0 Å². The lowest BCUT2D eigenvalue weighted by atomic mass is 9.93. The molecule has 22 heavy (non-hydrogen) atoms. The molecule has 0 amide bonds. The van der Waals surface area contributed by atoms with E-state index in [4.69, 9.17) is 0 Å². The molecule has 0 aromatic heterocycles. The summed E-state index contributed by atoms with van der Waals surface area (Å²) < 4.78 is 28.8. The van der Waals surface area contributed by atoms with Crippen LogP contribution in [0.1, 0.15) is 40.0 Å². The number of piperidine rings is 2. The molecule has 0 aromatic carbocycles. The van der Waals surface area contributed by atoms with Gasteiger partial charge >= 0.3 is 0 Å². The van der Waals surface area contributed by atoms with Crippen LogP contribution in [0.15, 0.2) is 0 Å². The average Bonchev–Trinajstić information content (AvgIpc) is 2.46. The molecule has 1 atom stereocenters. The van der Waals surface area contributed by atoms with Crippen LogP contribution in [0.5, 0.6) is 0 Å². The normalized spacial score (nSPS) is 28.6. The third-order valence-corrected chi connectivity index (χ3v) is 5.55. The highest BCUT2D eigenvalue weighted by Gasteiger charge is 2.46. The lowest BCUT2D eigenvalue weighted by Crippen LogP contribution is -2.58. The molecule has 0 bridgehead atoms. The molecule has 0 radical (unpaired) electrons. The molecule has 2 rings (SSSR count). The summed E-state index contributed by atoms with van der Waals surface area (Å²) in [7, 11) is 1.90. The second kappa shape index (κ2) is 7.54. The van der Waals surface area contributed by atoms with Crippen molar-refractivity contribution in [2.45, 2.75) is 58.0 Å². The molecule has 0 saturated carbocycles. The first-order chi connectivity index (χ1) is 10.3. The van der Waals surface area contributed by atoms with Crippen LogP contribution in [0.2, 0.25) is 0 Å². The van der Waals surface area contributed by atoms with Crippen LogP contribution in [0.25, 0.3) is 0 Å². The Hall–Kier alpha value is -0.260. The number of likely N-dealkylation sites (tertiary alicyclic amines) is 2. The summed E-state index contributed by atoms with van der Waals surface area (Å²) in [6.45, 7) is 10.9. The van der Waals surface area contributed by atoms with E-state index in [0.29, 0.717) is 18.4 Å². The number of alkyl halides is 2. The summed E-state index contributed by atoms with van der Waals surface area (Å²) in [6, 6.07) is 0.0137. The van der Waals surface area contributed by atoms with Gasteiger partial charge < -0.3 is 4.90 Å². The van der Waals surface area contributed by atoms with Gasteiger partial charge in [0.15, 0.2) is 0 Å². The zero-order valence-electron chi connectivity index (χ0n) is 14.7. The van der Waals surface area contributed by atoms with Crippen LogP contribution in [-0.2, 0) is 0 Å². The van der Waals surface area contributed by atoms with E-state index in [1.54, 1.807) is 0 Å². The number of halogens is 2. The molecule has 3 nitrogen and oxygen atoms in total. The van der Waals surface area contributed by atoms with Crippen LogP contribution in [0, 0.1) is 5.92 Å². The Bertz CT molecular complexity index is 341. The predicted octanol–water partition coefficient (Wildman–Crippen LogP) is 2.77. The second-order valence-corrected chi connectivity index (χ2v) is 7.45. The van der Waals surface area contributed by atoms with Gasteiger partial charge in [0, 0.05) is 19.1 Å². The first kappa shape index (κ1) is 18.1. The Balaban J connectivity index is 1.83. The molecule has 2 aliphatic rings. The third-order valence-electron chi connectivity index (χ3n) is 5.55. The molecule has 0 N–H and O–H groups in total. The Kier molecular flexibility index (Phi) is 6.20. The summed E-state index contributed by atoms with van der Waals surface area (Å²) >= 11 is 0. The molecular formula is C17H33F2N3. The largest absolute Gasteiger partial charge is 0.301 e. The summed E-state index contributed by atoms with van der Waals surface area (Å²) in [5, 5.41) is 0. The van der Waals surface area contributed by atoms with Crippen LogP contribution in [0.3, 0.4) is 0 Å². The minimum Gasteiger partial charge on any atom is -0.301 e. The molecule has 2 heterocycles. The molecule has 0 aliphatic carbocycles. The fourth-order valence-corrected chi connectivity index (χ4v) is 4.00. The Morgan fingerprint density at radius 2 is 1.77 bits per heavy atom. The van der Waals surface area contributed by atoms with E-state index >= 15 is 0 Å². The standard InChI is InChI=1S/C17H33F2N3/c1-5-21-9-8-16(17(18,19)13-21)20(4)12-15-6-10-22(11-7-15)14(2)3/h14-16H,5-13H2,1-4H3. The lowest BCUT2D eigenvalue weighted by molar-refractivity contribution is -0.124. The van der Waals surface area contributed by atoms with Gasteiger partial charge in [-0.1, -0.05) is 6.92 Å². The van der Waals surface area contributed by atoms with Gasteiger partial charge in [-0.05, 0) is 65.7 Å². The first-order valence-electron chi connectivity index (χ1n) is 8.88. The van der Waals surface area contributed by atoms with Crippen molar-refractivity contribution in [3.8, 4) is 0 Å². The summed E-state index contributed by atoms with van der Waals surface area (Å²) in [6.07, 6.45) is 2.87. The maximum atomic E-state index is 14.4. The highest BCUT2D eigenvalue weighted by Crippen LogP contribution is 2.32. The predicted molar refractivity (Wildman–Crippen MR) is 87.5 cm³/mol. The molecule has 2 fully saturated rings. The first-order valence-corrected chi connectivity index (χ1v) is 8.88. The van der Waals surface area contributed by atoms with E-state index in [9.17, 15) is 8.78 Å². The van der Waals surface area contributed by atoms with Crippen molar-refractivity contribution in [3.63, 3.8) is 0 Å². The fourth-order valence-electron chi connectivity index (χ4n) is 4.00. The molecule has 2 aliphatic heterocycles. The molecule has 0 spiro atoms. The molecule has 5 heteroatoms. The number of rotatable bonds is 5. The summed E-state index contributed by atoms with van der Waals surface area (Å²) in [4.78, 5) is 6.30. The maximum Gasteiger partial charge on any atom is 0.275 e. The minimum atomic E-state index is -2.58. The van der Waals surface area contributed by atoms with Crippen molar-refractivity contribution < 1.29 is 8.78 Å². The minimum absolute atomic E-state index is 0.0791. The highest BCUT2D eigenvalue weighted by molar-refractivity contribution is 4.92. The summed E-state index contributed by atoms with van der Waals surface area (Å²) in [5.41, 5.74) is 0. The van der Waals surface area contributed by atoms with Gasteiger partial charge in [-0.15, -0.1) is 0 Å². The van der Waals surface area contributed by atoms with Crippen LogP contribution < -0.4 is 0 Å². The fraction of sp³-hybridized carbons (Fsp3) is 1.00. The van der Waals surface area contributed by atoms with E-state index in [1.807, 2.05) is 23.8 Å². The van der Waals surface area contributed by atoms with Crippen LogP contribution in [0.4, 0.5) is 8.78 Å². The van der Waals surface area contributed by atoms with E-state index in [-0.39, 0.29) is 6.54 Å². The molecule has 0 aromatic rings. The smallest absolute Gasteiger partial charge is 0.275 e. The quantitative estimate of drug-likeness (QED) is 0.772. The topological polar surface area (TPSA) is 9.72 Å². The molecular weight excluding hydrogens is 284 g/mol. The van der Waals surface area contributed by atoms with Gasteiger partial charge in [0.25, 0.3) is 5.92 Å². The van der Waals surface area contributed by atoms with Gasteiger partial charge in [0.05, 0.1) is 12.6 Å². The lowest BCUT2D eigenvalue weighted by Gasteiger charge is -2.44. The van der Waals surface area contributed by atoms with Gasteiger partial charge in [0.1, 0.15) is 0 Å². The zero-order valence-corrected chi connectivity index (χ0v) is 14.7. The Morgan fingerprint density at radius 3 is 2.27 bits per heavy atom. The number of hydrogen-bond acceptors (Lipinski definition) is 3. The van der Waals surface area contributed by atoms with Crippen LogP contribution >= 0.6 is 0 Å². The van der Waals surface area contributed by atoms with Crippen molar-refractivity contribution in [3.05, 3.63) is 0 Å². The van der Waals surface area contributed by atoms with Crippen molar-refractivity contribution in [1.82, 2.24) is 14.7 Å². The van der Waals surface area contributed by atoms with Crippen LogP contribution in [-0.4, -0.2) is 79.0 Å². The monoisotopic (exact) mass is 317 g/mol. The molecule has 1 unspecified atom stereocenters. The molecule has 130 valence electrons. The third kappa shape index (κ3) is 4.39. The average molecular weight is 317 g/mol.